The summed E-state index contributed by atoms with van der Waals surface area (Å²) in [5, 5.41) is 0. The van der Waals surface area contributed by atoms with E-state index in [1.54, 1.807) is 0 Å². The maximum atomic E-state index is 6.25. The molecule has 2 rings (SSSR count). The molecule has 2 N–H and O–H groups in total. The van der Waals surface area contributed by atoms with Gasteiger partial charge in [-0.25, -0.2) is 0 Å². The van der Waals surface area contributed by atoms with E-state index in [-0.39, 0.29) is 5.66 Å². The molecule has 0 fully saturated rings. The first-order valence-electron chi connectivity index (χ1n) is 4.66. The fourth-order valence-corrected chi connectivity index (χ4v) is 2.12. The van der Waals surface area contributed by atoms with E-state index in [1.807, 2.05) is 0 Å². The summed E-state index contributed by atoms with van der Waals surface area (Å²) in [7, 11) is 2.07. The van der Waals surface area contributed by atoms with Gasteiger partial charge in [-0.3, -0.25) is 4.90 Å². The molecule has 0 spiro atoms. The van der Waals surface area contributed by atoms with Crippen LogP contribution in [-0.2, 0) is 5.66 Å². The smallest absolute Gasteiger partial charge is 0.0926 e. The monoisotopic (exact) mass is 176 g/mol. The Morgan fingerprint density at radius 2 is 2.00 bits per heavy atom. The first kappa shape index (κ1) is 8.73. The third-order valence-electron chi connectivity index (χ3n) is 3.27. The van der Waals surface area contributed by atoms with Crippen molar-refractivity contribution in [3.05, 3.63) is 35.4 Å². The van der Waals surface area contributed by atoms with Gasteiger partial charge in [0.1, 0.15) is 0 Å². The maximum absolute atomic E-state index is 6.25. The Bertz CT molecular complexity index is 331. The lowest BCUT2D eigenvalue weighted by Gasteiger charge is -2.30. The van der Waals surface area contributed by atoms with Crippen LogP contribution in [0.25, 0.3) is 0 Å². The van der Waals surface area contributed by atoms with Gasteiger partial charge in [0.15, 0.2) is 0 Å². The maximum Gasteiger partial charge on any atom is 0.0926 e. The molecule has 0 saturated carbocycles. The molecule has 2 heteroatoms. The topological polar surface area (TPSA) is 29.3 Å². The molecule has 1 aliphatic rings. The molecular weight excluding hydrogens is 160 g/mol. The fourth-order valence-electron chi connectivity index (χ4n) is 2.12. The molecule has 0 radical (unpaired) electrons. The predicted molar refractivity (Wildman–Crippen MR) is 54.2 cm³/mol. The van der Waals surface area contributed by atoms with Gasteiger partial charge in [0, 0.05) is 6.04 Å². The van der Waals surface area contributed by atoms with Crippen LogP contribution in [0.3, 0.4) is 0 Å². The first-order valence-corrected chi connectivity index (χ1v) is 4.66. The van der Waals surface area contributed by atoms with Crippen LogP contribution in [0.5, 0.6) is 0 Å². The molecule has 13 heavy (non-hydrogen) atoms. The summed E-state index contributed by atoms with van der Waals surface area (Å²) in [6.45, 7) is 4.26. The van der Waals surface area contributed by atoms with Gasteiger partial charge in [0.2, 0.25) is 0 Å². The number of hydrogen-bond donors (Lipinski definition) is 1. The number of hydrogen-bond acceptors (Lipinski definition) is 2. The van der Waals surface area contributed by atoms with Crippen LogP contribution in [-0.4, -0.2) is 11.9 Å². The Kier molecular flexibility index (Phi) is 1.72. The molecule has 0 amide bonds. The number of rotatable bonds is 0. The van der Waals surface area contributed by atoms with Gasteiger partial charge < -0.3 is 5.73 Å². The Hall–Kier alpha value is -0.860. The van der Waals surface area contributed by atoms with E-state index in [1.165, 1.54) is 11.1 Å². The minimum Gasteiger partial charge on any atom is -0.310 e. The number of nitrogens with two attached hydrogens (primary N) is 1. The third kappa shape index (κ3) is 1.02. The van der Waals surface area contributed by atoms with Crippen molar-refractivity contribution < 1.29 is 0 Å². The summed E-state index contributed by atoms with van der Waals surface area (Å²) >= 11 is 0. The highest BCUT2D eigenvalue weighted by Gasteiger charge is 2.39. The van der Waals surface area contributed by atoms with Crippen molar-refractivity contribution in [3.8, 4) is 0 Å². The number of nitrogens with zero attached hydrogens (tertiary/aromatic N) is 1. The Balaban J connectivity index is 2.61. The van der Waals surface area contributed by atoms with Crippen molar-refractivity contribution in [1.29, 1.82) is 0 Å². The average molecular weight is 176 g/mol. The van der Waals surface area contributed by atoms with Gasteiger partial charge in [-0.1, -0.05) is 24.3 Å². The summed E-state index contributed by atoms with van der Waals surface area (Å²) < 4.78 is 0. The third-order valence-corrected chi connectivity index (χ3v) is 3.27. The standard InChI is InChI=1S/C11H16N2/c1-8-9-6-4-5-7-10(9)11(2,12)13(8)3/h4-8H,12H2,1-3H3. The van der Waals surface area contributed by atoms with Crippen molar-refractivity contribution in [2.75, 3.05) is 7.05 Å². The van der Waals surface area contributed by atoms with Crippen molar-refractivity contribution in [2.24, 2.45) is 5.73 Å². The highest BCUT2D eigenvalue weighted by Crippen LogP contribution is 2.40. The molecule has 0 bridgehead atoms. The summed E-state index contributed by atoms with van der Waals surface area (Å²) in [4.78, 5) is 2.21. The molecule has 2 unspecified atom stereocenters. The summed E-state index contributed by atoms with van der Waals surface area (Å²) in [6.07, 6.45) is 0. The van der Waals surface area contributed by atoms with Gasteiger partial charge >= 0.3 is 0 Å². The van der Waals surface area contributed by atoms with E-state index in [9.17, 15) is 0 Å². The molecule has 1 heterocycles. The lowest BCUT2D eigenvalue weighted by atomic mass is 10.00. The van der Waals surface area contributed by atoms with E-state index >= 15 is 0 Å². The molecule has 0 aliphatic carbocycles. The van der Waals surface area contributed by atoms with Gasteiger partial charge in [-0.05, 0) is 32.0 Å². The van der Waals surface area contributed by atoms with Gasteiger partial charge in [0.05, 0.1) is 5.66 Å². The van der Waals surface area contributed by atoms with Gasteiger partial charge in [0.25, 0.3) is 0 Å². The average Bonchev–Trinajstić information content (AvgIpc) is 2.30. The van der Waals surface area contributed by atoms with Crippen molar-refractivity contribution in [2.45, 2.75) is 25.6 Å². The summed E-state index contributed by atoms with van der Waals surface area (Å²) in [5.41, 5.74) is 8.55. The minimum absolute atomic E-state index is 0.310. The minimum atomic E-state index is -0.310. The molecule has 2 atom stereocenters. The zero-order chi connectivity index (χ0) is 9.64. The van der Waals surface area contributed by atoms with E-state index < -0.39 is 0 Å². The second-order valence-electron chi connectivity index (χ2n) is 4.02. The molecule has 1 aliphatic heterocycles. The lowest BCUT2D eigenvalue weighted by molar-refractivity contribution is 0.129. The van der Waals surface area contributed by atoms with E-state index in [0.29, 0.717) is 6.04 Å². The summed E-state index contributed by atoms with van der Waals surface area (Å²) in [6, 6.07) is 8.83. The molecule has 2 nitrogen and oxygen atoms in total. The van der Waals surface area contributed by atoms with Crippen LogP contribution in [0.15, 0.2) is 24.3 Å². The molecule has 0 aromatic heterocycles. The van der Waals surface area contributed by atoms with Gasteiger partial charge in [-0.2, -0.15) is 0 Å². The predicted octanol–water partition coefficient (Wildman–Crippen LogP) is 1.82. The molecule has 0 saturated heterocycles. The first-order chi connectivity index (χ1) is 6.05. The quantitative estimate of drug-likeness (QED) is 0.653. The van der Waals surface area contributed by atoms with Crippen LogP contribution in [0, 0.1) is 0 Å². The van der Waals surface area contributed by atoms with Crippen molar-refractivity contribution in [1.82, 2.24) is 4.90 Å². The highest BCUT2D eigenvalue weighted by atomic mass is 15.3. The second-order valence-corrected chi connectivity index (χ2v) is 4.02. The zero-order valence-electron chi connectivity index (χ0n) is 8.41. The Morgan fingerprint density at radius 3 is 2.62 bits per heavy atom. The largest absolute Gasteiger partial charge is 0.310 e. The summed E-state index contributed by atoms with van der Waals surface area (Å²) in [5.74, 6) is 0. The highest BCUT2D eigenvalue weighted by molar-refractivity contribution is 5.39. The molecular formula is C11H16N2. The van der Waals surface area contributed by atoms with Gasteiger partial charge in [-0.15, -0.1) is 0 Å². The van der Waals surface area contributed by atoms with Crippen LogP contribution in [0.4, 0.5) is 0 Å². The van der Waals surface area contributed by atoms with Crippen molar-refractivity contribution in [3.63, 3.8) is 0 Å². The molecule has 1 aromatic rings. The van der Waals surface area contributed by atoms with E-state index in [4.69, 9.17) is 5.73 Å². The molecule has 70 valence electrons. The number of fused-ring (bicyclic) bond motifs is 1. The van der Waals surface area contributed by atoms with Crippen LogP contribution in [0.2, 0.25) is 0 Å². The van der Waals surface area contributed by atoms with E-state index in [0.717, 1.165) is 0 Å². The Labute approximate surface area is 79.4 Å². The SMILES string of the molecule is CC1c2ccccc2C(C)(N)N1C. The fraction of sp³-hybridized carbons (Fsp3) is 0.455. The van der Waals surface area contributed by atoms with Crippen LogP contribution < -0.4 is 5.73 Å². The molecule has 1 aromatic carbocycles. The van der Waals surface area contributed by atoms with Crippen LogP contribution >= 0.6 is 0 Å². The zero-order valence-corrected chi connectivity index (χ0v) is 8.41. The lowest BCUT2D eigenvalue weighted by Crippen LogP contribution is -2.44. The normalized spacial score (nSPS) is 33.4. The number of benzene rings is 1. The van der Waals surface area contributed by atoms with Crippen molar-refractivity contribution >= 4 is 0 Å². The Morgan fingerprint density at radius 1 is 1.38 bits per heavy atom. The second kappa shape index (κ2) is 2.56. The van der Waals surface area contributed by atoms with Crippen LogP contribution in [0.1, 0.15) is 31.0 Å². The van der Waals surface area contributed by atoms with E-state index in [2.05, 4.69) is 50.1 Å².